The predicted molar refractivity (Wildman–Crippen MR) is 80.2 cm³/mol. The topological polar surface area (TPSA) is 43.6 Å². The maximum absolute atomic E-state index is 3.96. The second-order valence-corrected chi connectivity index (χ2v) is 5.38. The van der Waals surface area contributed by atoms with Gasteiger partial charge in [0.1, 0.15) is 0 Å². The highest BCUT2D eigenvalue weighted by Crippen LogP contribution is 2.23. The van der Waals surface area contributed by atoms with E-state index in [0.717, 1.165) is 10.9 Å². The maximum Gasteiger partial charge on any atom is 0.209 e. The third kappa shape index (κ3) is 2.88. The highest BCUT2D eigenvalue weighted by atomic mass is 32.2. The molecule has 2 aromatic carbocycles. The predicted octanol–water partition coefficient (Wildman–Crippen LogP) is 3.17. The zero-order valence-electron chi connectivity index (χ0n) is 11.1. The van der Waals surface area contributed by atoms with Gasteiger partial charge in [-0.1, -0.05) is 66.4 Å². The van der Waals surface area contributed by atoms with Gasteiger partial charge in [-0.2, -0.15) is 0 Å². The summed E-state index contributed by atoms with van der Waals surface area (Å²) in [6.07, 6.45) is 0. The average molecular weight is 282 g/mol. The summed E-state index contributed by atoms with van der Waals surface area (Å²) in [6, 6.07) is 19.0. The van der Waals surface area contributed by atoms with E-state index in [-0.39, 0.29) is 0 Å². The van der Waals surface area contributed by atoms with Gasteiger partial charge in [0.05, 0.1) is 0 Å². The van der Waals surface area contributed by atoms with Gasteiger partial charge in [-0.3, -0.25) is 0 Å². The third-order valence-corrected chi connectivity index (χ3v) is 4.09. The fourth-order valence-corrected chi connectivity index (χ4v) is 2.72. The molecule has 100 valence electrons. The molecule has 5 heteroatoms. The molecule has 0 bridgehead atoms. The maximum atomic E-state index is 3.96. The highest BCUT2D eigenvalue weighted by Gasteiger charge is 2.03. The van der Waals surface area contributed by atoms with E-state index >= 15 is 0 Å². The minimum atomic E-state index is 0.831. The summed E-state index contributed by atoms with van der Waals surface area (Å²) in [5.74, 6) is 0.864. The number of tetrazole rings is 1. The van der Waals surface area contributed by atoms with Crippen LogP contribution in [0.15, 0.2) is 59.8 Å². The quantitative estimate of drug-likeness (QED) is 0.689. The molecule has 0 saturated heterocycles. The van der Waals surface area contributed by atoms with E-state index in [0.29, 0.717) is 0 Å². The average Bonchev–Trinajstić information content (AvgIpc) is 2.92. The van der Waals surface area contributed by atoms with Crippen LogP contribution in [0, 0.1) is 0 Å². The molecule has 0 fully saturated rings. The molecule has 0 aliphatic carbocycles. The van der Waals surface area contributed by atoms with Crippen LogP contribution in [0.5, 0.6) is 0 Å². The lowest BCUT2D eigenvalue weighted by atomic mass is 10.0. The summed E-state index contributed by atoms with van der Waals surface area (Å²) in [5, 5.41) is 12.2. The lowest BCUT2D eigenvalue weighted by Crippen LogP contribution is -1.93. The molecule has 0 radical (unpaired) electrons. The number of benzene rings is 2. The minimum absolute atomic E-state index is 0.831. The van der Waals surface area contributed by atoms with Gasteiger partial charge in [0.2, 0.25) is 5.16 Å². The molecule has 20 heavy (non-hydrogen) atoms. The summed E-state index contributed by atoms with van der Waals surface area (Å²) in [7, 11) is 1.85. The van der Waals surface area contributed by atoms with Crippen molar-refractivity contribution in [2.75, 3.05) is 0 Å². The van der Waals surface area contributed by atoms with Gasteiger partial charge in [-0.15, -0.1) is 5.10 Å². The molecule has 0 N–H and O–H groups in total. The third-order valence-electron chi connectivity index (χ3n) is 3.01. The van der Waals surface area contributed by atoms with Crippen molar-refractivity contribution in [1.29, 1.82) is 0 Å². The number of hydrogen-bond acceptors (Lipinski definition) is 4. The van der Waals surface area contributed by atoms with Crippen LogP contribution in [0.2, 0.25) is 0 Å². The Morgan fingerprint density at radius 1 is 0.950 bits per heavy atom. The van der Waals surface area contributed by atoms with Gasteiger partial charge in [-0.05, 0) is 27.1 Å². The van der Waals surface area contributed by atoms with E-state index in [2.05, 4.69) is 64.1 Å². The van der Waals surface area contributed by atoms with Crippen LogP contribution in [0.3, 0.4) is 0 Å². The number of aryl methyl sites for hydroxylation is 1. The fraction of sp³-hybridized carbons (Fsp3) is 0.133. The molecule has 1 aromatic heterocycles. The van der Waals surface area contributed by atoms with Gasteiger partial charge in [-0.25, -0.2) is 4.68 Å². The Hall–Kier alpha value is -2.14. The lowest BCUT2D eigenvalue weighted by Gasteiger charge is -2.04. The zero-order chi connectivity index (χ0) is 13.8. The normalized spacial score (nSPS) is 10.7. The molecule has 0 aliphatic heterocycles. The van der Waals surface area contributed by atoms with E-state index < -0.39 is 0 Å². The van der Waals surface area contributed by atoms with Crippen molar-refractivity contribution in [3.63, 3.8) is 0 Å². The Kier molecular flexibility index (Phi) is 3.78. The molecule has 0 amide bonds. The number of rotatable bonds is 4. The fourth-order valence-electron chi connectivity index (χ4n) is 1.92. The van der Waals surface area contributed by atoms with Gasteiger partial charge in [0, 0.05) is 12.8 Å². The molecule has 0 unspecified atom stereocenters. The van der Waals surface area contributed by atoms with Crippen LogP contribution < -0.4 is 0 Å². The SMILES string of the molecule is Cn1nnnc1SCc1ccc(-c2ccccc2)cc1. The second kappa shape index (κ2) is 5.88. The molecule has 0 aliphatic rings. The first-order valence-electron chi connectivity index (χ1n) is 6.32. The van der Waals surface area contributed by atoms with Crippen LogP contribution >= 0.6 is 11.8 Å². The van der Waals surface area contributed by atoms with Crippen molar-refractivity contribution in [3.8, 4) is 11.1 Å². The lowest BCUT2D eigenvalue weighted by molar-refractivity contribution is 0.664. The van der Waals surface area contributed by atoms with E-state index in [1.165, 1.54) is 16.7 Å². The van der Waals surface area contributed by atoms with E-state index in [1.54, 1.807) is 16.4 Å². The van der Waals surface area contributed by atoms with Gasteiger partial charge in [0.25, 0.3) is 0 Å². The van der Waals surface area contributed by atoms with Crippen molar-refractivity contribution < 1.29 is 0 Å². The Balaban J connectivity index is 1.69. The van der Waals surface area contributed by atoms with Gasteiger partial charge >= 0.3 is 0 Å². The number of hydrogen-bond donors (Lipinski definition) is 0. The van der Waals surface area contributed by atoms with Gasteiger partial charge in [0.15, 0.2) is 0 Å². The molecular formula is C15H14N4S. The summed E-state index contributed by atoms with van der Waals surface area (Å²) >= 11 is 1.64. The monoisotopic (exact) mass is 282 g/mol. The Morgan fingerprint density at radius 3 is 2.30 bits per heavy atom. The van der Waals surface area contributed by atoms with Crippen molar-refractivity contribution in [1.82, 2.24) is 20.2 Å². The van der Waals surface area contributed by atoms with Crippen LogP contribution in [0.25, 0.3) is 11.1 Å². The number of nitrogens with zero attached hydrogens (tertiary/aromatic N) is 4. The summed E-state index contributed by atoms with van der Waals surface area (Å²) in [6.45, 7) is 0. The van der Waals surface area contributed by atoms with E-state index in [9.17, 15) is 0 Å². The molecule has 3 aromatic rings. The Bertz CT molecular complexity index is 677. The summed E-state index contributed by atoms with van der Waals surface area (Å²) in [5.41, 5.74) is 3.74. The molecule has 4 nitrogen and oxygen atoms in total. The van der Waals surface area contributed by atoms with Crippen LogP contribution in [-0.4, -0.2) is 20.2 Å². The van der Waals surface area contributed by atoms with Crippen molar-refractivity contribution >= 4 is 11.8 Å². The molecule has 3 rings (SSSR count). The largest absolute Gasteiger partial charge is 0.224 e. The first-order valence-corrected chi connectivity index (χ1v) is 7.31. The highest BCUT2D eigenvalue weighted by molar-refractivity contribution is 7.98. The van der Waals surface area contributed by atoms with Crippen molar-refractivity contribution in [3.05, 3.63) is 60.2 Å². The molecular weight excluding hydrogens is 268 g/mol. The van der Waals surface area contributed by atoms with Crippen molar-refractivity contribution in [2.24, 2.45) is 7.05 Å². The number of thioether (sulfide) groups is 1. The summed E-state index contributed by atoms with van der Waals surface area (Å²) in [4.78, 5) is 0. The summed E-state index contributed by atoms with van der Waals surface area (Å²) < 4.78 is 1.68. The first kappa shape index (κ1) is 12.9. The Labute approximate surface area is 121 Å². The van der Waals surface area contributed by atoms with Gasteiger partial charge < -0.3 is 0 Å². The molecule has 0 saturated carbocycles. The molecule has 0 atom stereocenters. The standard InChI is InChI=1S/C15H14N4S/c1-19-15(16-17-18-19)20-11-12-7-9-14(10-8-12)13-5-3-2-4-6-13/h2-10H,11H2,1H3. The number of aromatic nitrogens is 4. The zero-order valence-corrected chi connectivity index (χ0v) is 11.9. The van der Waals surface area contributed by atoms with Crippen molar-refractivity contribution in [2.45, 2.75) is 10.9 Å². The van der Waals surface area contributed by atoms with Crippen LogP contribution in [-0.2, 0) is 12.8 Å². The second-order valence-electron chi connectivity index (χ2n) is 4.44. The Morgan fingerprint density at radius 2 is 1.65 bits per heavy atom. The molecule has 1 heterocycles. The molecule has 0 spiro atoms. The van der Waals surface area contributed by atoms with E-state index in [1.807, 2.05) is 13.1 Å². The van der Waals surface area contributed by atoms with Crippen LogP contribution in [0.1, 0.15) is 5.56 Å². The first-order chi connectivity index (χ1) is 9.83. The smallest absolute Gasteiger partial charge is 0.209 e. The van der Waals surface area contributed by atoms with E-state index in [4.69, 9.17) is 0 Å². The van der Waals surface area contributed by atoms with Crippen LogP contribution in [0.4, 0.5) is 0 Å². The minimum Gasteiger partial charge on any atom is -0.224 e.